The Hall–Kier alpha value is -1.53. The van der Waals surface area contributed by atoms with E-state index in [0.29, 0.717) is 28.6 Å². The molecule has 0 fully saturated rings. The van der Waals surface area contributed by atoms with Crippen LogP contribution >= 0.6 is 11.6 Å². The summed E-state index contributed by atoms with van der Waals surface area (Å²) < 4.78 is 0. The number of carbonyl (C=O) groups is 1. The van der Waals surface area contributed by atoms with Crippen LogP contribution in [0.4, 0.5) is 5.69 Å². The number of nitrogens with zero attached hydrogens (tertiary/aromatic N) is 1. The fraction of sp³-hybridized carbons (Fsp3) is 0.500. The maximum Gasteiger partial charge on any atom is 0.224 e. The molecule has 1 unspecified atom stereocenters. The average molecular weight is 293 g/mol. The Kier molecular flexibility index (Phi) is 5.59. The van der Waals surface area contributed by atoms with E-state index in [1.54, 1.807) is 18.2 Å². The summed E-state index contributed by atoms with van der Waals surface area (Å²) in [6.45, 7) is 8.57. The molecule has 1 atom stereocenters. The summed E-state index contributed by atoms with van der Waals surface area (Å²) in [5, 5.41) is 12.0. The van der Waals surface area contributed by atoms with E-state index in [0.717, 1.165) is 6.42 Å². The summed E-state index contributed by atoms with van der Waals surface area (Å²) in [4.78, 5) is 12.0. The molecule has 0 radical (unpaired) electrons. The molecular formula is C16H21ClN2O. The summed E-state index contributed by atoms with van der Waals surface area (Å²) in [6.07, 6.45) is 1.45. The van der Waals surface area contributed by atoms with E-state index in [-0.39, 0.29) is 11.3 Å². The molecule has 108 valence electrons. The zero-order valence-corrected chi connectivity index (χ0v) is 13.2. The smallest absolute Gasteiger partial charge is 0.224 e. The van der Waals surface area contributed by atoms with Crippen LogP contribution in [0.5, 0.6) is 0 Å². The van der Waals surface area contributed by atoms with E-state index in [1.807, 2.05) is 6.07 Å². The van der Waals surface area contributed by atoms with Gasteiger partial charge in [0.05, 0.1) is 22.3 Å². The molecule has 0 aliphatic rings. The number of hydrogen-bond acceptors (Lipinski definition) is 2. The highest BCUT2D eigenvalue weighted by molar-refractivity contribution is 6.33. The van der Waals surface area contributed by atoms with Crippen molar-refractivity contribution in [2.24, 2.45) is 11.3 Å². The maximum absolute atomic E-state index is 12.0. The Morgan fingerprint density at radius 2 is 2.10 bits per heavy atom. The highest BCUT2D eigenvalue weighted by atomic mass is 35.5. The number of rotatable bonds is 4. The number of nitriles is 1. The second-order valence-electron chi connectivity index (χ2n) is 6.43. The molecule has 0 heterocycles. The molecular weight excluding hydrogens is 272 g/mol. The van der Waals surface area contributed by atoms with Crippen LogP contribution in [-0.2, 0) is 4.79 Å². The van der Waals surface area contributed by atoms with Gasteiger partial charge in [0.1, 0.15) is 0 Å². The molecule has 0 aromatic heterocycles. The van der Waals surface area contributed by atoms with Gasteiger partial charge in [-0.3, -0.25) is 4.79 Å². The molecule has 1 aromatic rings. The second kappa shape index (κ2) is 6.76. The summed E-state index contributed by atoms with van der Waals surface area (Å²) in [5.74, 6) is 0.264. The molecule has 0 bridgehead atoms. The number of amides is 1. The van der Waals surface area contributed by atoms with Gasteiger partial charge in [0.25, 0.3) is 0 Å². The number of nitrogens with one attached hydrogen (secondary N) is 1. The first kappa shape index (κ1) is 16.5. The molecule has 20 heavy (non-hydrogen) atoms. The van der Waals surface area contributed by atoms with Gasteiger partial charge < -0.3 is 5.32 Å². The zero-order chi connectivity index (χ0) is 15.3. The lowest BCUT2D eigenvalue weighted by Gasteiger charge is -2.22. The Bertz CT molecular complexity index is 526. The molecule has 0 aliphatic carbocycles. The standard InChI is InChI=1S/C16H21ClN2O/c1-11(9-16(2,3)4)7-15(20)19-14-6-5-12(10-18)8-13(14)17/h5-6,8,11H,7,9H2,1-4H3,(H,19,20). The van der Waals surface area contributed by atoms with E-state index in [1.165, 1.54) is 0 Å². The number of carbonyl (C=O) groups excluding carboxylic acids is 1. The lowest BCUT2D eigenvalue weighted by Crippen LogP contribution is -2.19. The van der Waals surface area contributed by atoms with Crippen LogP contribution in [0.25, 0.3) is 0 Å². The van der Waals surface area contributed by atoms with E-state index < -0.39 is 0 Å². The van der Waals surface area contributed by atoms with E-state index >= 15 is 0 Å². The highest BCUT2D eigenvalue weighted by Gasteiger charge is 2.18. The third-order valence-electron chi connectivity index (χ3n) is 2.87. The van der Waals surface area contributed by atoms with Gasteiger partial charge in [0.15, 0.2) is 0 Å². The minimum atomic E-state index is -0.0478. The van der Waals surface area contributed by atoms with Crippen LogP contribution < -0.4 is 5.32 Å². The van der Waals surface area contributed by atoms with Gasteiger partial charge in [-0.05, 0) is 36.0 Å². The summed E-state index contributed by atoms with van der Waals surface area (Å²) in [5.41, 5.74) is 1.25. The third kappa shape index (κ3) is 5.63. The van der Waals surface area contributed by atoms with Crippen LogP contribution in [0.15, 0.2) is 18.2 Å². The molecule has 0 saturated carbocycles. The normalized spacial score (nSPS) is 12.6. The van der Waals surface area contributed by atoms with Crippen LogP contribution in [0.2, 0.25) is 5.02 Å². The van der Waals surface area contributed by atoms with Crippen molar-refractivity contribution in [3.8, 4) is 6.07 Å². The van der Waals surface area contributed by atoms with Crippen LogP contribution in [0.3, 0.4) is 0 Å². The molecule has 1 N–H and O–H groups in total. The van der Waals surface area contributed by atoms with Gasteiger partial charge >= 0.3 is 0 Å². The van der Waals surface area contributed by atoms with Crippen molar-refractivity contribution in [3.05, 3.63) is 28.8 Å². The summed E-state index contributed by atoms with van der Waals surface area (Å²) in [6, 6.07) is 6.86. The molecule has 1 amide bonds. The Morgan fingerprint density at radius 3 is 2.60 bits per heavy atom. The third-order valence-corrected chi connectivity index (χ3v) is 3.18. The van der Waals surface area contributed by atoms with Gasteiger partial charge in [-0.1, -0.05) is 39.3 Å². The Morgan fingerprint density at radius 1 is 1.45 bits per heavy atom. The quantitative estimate of drug-likeness (QED) is 0.881. The molecule has 0 aliphatic heterocycles. The Labute approximate surface area is 125 Å². The van der Waals surface area contributed by atoms with Crippen molar-refractivity contribution >= 4 is 23.2 Å². The molecule has 3 nitrogen and oxygen atoms in total. The van der Waals surface area contributed by atoms with E-state index in [9.17, 15) is 4.79 Å². The maximum atomic E-state index is 12.0. The number of hydrogen-bond donors (Lipinski definition) is 1. The lowest BCUT2D eigenvalue weighted by molar-refractivity contribution is -0.117. The first-order chi connectivity index (χ1) is 9.21. The van der Waals surface area contributed by atoms with Crippen molar-refractivity contribution in [1.29, 1.82) is 5.26 Å². The van der Waals surface area contributed by atoms with Crippen molar-refractivity contribution in [2.75, 3.05) is 5.32 Å². The number of benzene rings is 1. The summed E-state index contributed by atoms with van der Waals surface area (Å²) >= 11 is 6.03. The fourth-order valence-corrected chi connectivity index (χ4v) is 2.55. The van der Waals surface area contributed by atoms with Crippen LogP contribution in [0.1, 0.15) is 46.1 Å². The monoisotopic (exact) mass is 292 g/mol. The lowest BCUT2D eigenvalue weighted by atomic mass is 9.84. The van der Waals surface area contributed by atoms with Gasteiger partial charge in [-0.25, -0.2) is 0 Å². The van der Waals surface area contributed by atoms with Crippen molar-refractivity contribution in [2.45, 2.75) is 40.5 Å². The molecule has 0 saturated heterocycles. The number of halogens is 1. The SMILES string of the molecule is CC(CC(=O)Nc1ccc(C#N)cc1Cl)CC(C)(C)C. The average Bonchev–Trinajstić information content (AvgIpc) is 2.28. The van der Waals surface area contributed by atoms with Crippen molar-refractivity contribution in [3.63, 3.8) is 0 Å². The minimum Gasteiger partial charge on any atom is -0.325 e. The first-order valence-electron chi connectivity index (χ1n) is 6.71. The topological polar surface area (TPSA) is 52.9 Å². The van der Waals surface area contributed by atoms with Gasteiger partial charge in [0.2, 0.25) is 5.91 Å². The number of anilines is 1. The molecule has 4 heteroatoms. The van der Waals surface area contributed by atoms with Gasteiger partial charge in [-0.15, -0.1) is 0 Å². The first-order valence-corrected chi connectivity index (χ1v) is 7.08. The van der Waals surface area contributed by atoms with E-state index in [4.69, 9.17) is 16.9 Å². The zero-order valence-electron chi connectivity index (χ0n) is 12.5. The Balaban J connectivity index is 2.61. The predicted molar refractivity (Wildman–Crippen MR) is 82.6 cm³/mol. The van der Waals surface area contributed by atoms with Crippen LogP contribution in [0, 0.1) is 22.7 Å². The van der Waals surface area contributed by atoms with Crippen LogP contribution in [-0.4, -0.2) is 5.91 Å². The minimum absolute atomic E-state index is 0.0478. The largest absolute Gasteiger partial charge is 0.325 e. The van der Waals surface area contributed by atoms with Gasteiger partial charge in [0, 0.05) is 6.42 Å². The second-order valence-corrected chi connectivity index (χ2v) is 6.84. The molecule has 0 spiro atoms. The predicted octanol–water partition coefficient (Wildman–Crippen LogP) is 4.61. The summed E-state index contributed by atoms with van der Waals surface area (Å²) in [7, 11) is 0. The highest BCUT2D eigenvalue weighted by Crippen LogP contribution is 2.27. The van der Waals surface area contributed by atoms with Gasteiger partial charge in [-0.2, -0.15) is 5.26 Å². The molecule has 1 aromatic carbocycles. The van der Waals surface area contributed by atoms with E-state index in [2.05, 4.69) is 33.0 Å². The fourth-order valence-electron chi connectivity index (χ4n) is 2.32. The van der Waals surface area contributed by atoms with Crippen molar-refractivity contribution in [1.82, 2.24) is 0 Å². The van der Waals surface area contributed by atoms with Crippen molar-refractivity contribution < 1.29 is 4.79 Å². The molecule has 1 rings (SSSR count).